The minimum Gasteiger partial charge on any atom is -0.352 e. The van der Waals surface area contributed by atoms with Crippen LogP contribution in [-0.2, 0) is 26.2 Å². The zero-order valence-corrected chi connectivity index (χ0v) is 24.1. The summed E-state index contributed by atoms with van der Waals surface area (Å²) in [6, 6.07) is 8.76. The summed E-state index contributed by atoms with van der Waals surface area (Å²) in [4.78, 5) is 28.3. The van der Waals surface area contributed by atoms with Crippen LogP contribution in [0, 0.1) is 6.92 Å². The second kappa shape index (κ2) is 13.0. The Kier molecular flexibility index (Phi) is 10.9. The highest BCUT2D eigenvalue weighted by Crippen LogP contribution is 2.28. The third-order valence-corrected chi connectivity index (χ3v) is 7.81. The zero-order chi connectivity index (χ0) is 27.2. The van der Waals surface area contributed by atoms with Crippen molar-refractivity contribution in [1.29, 1.82) is 0 Å². The molecule has 0 bridgehead atoms. The monoisotopic (exact) mass is 575 g/mol. The molecule has 0 fully saturated rings. The van der Waals surface area contributed by atoms with Crippen molar-refractivity contribution in [3.63, 3.8) is 0 Å². The highest BCUT2D eigenvalue weighted by atomic mass is 35.5. The standard InChI is InChI=1S/C25H32Cl3N3O4S/c1-6-17(4)29-25(33)22(7-2)30(14-18-9-11-19(26)12-21(18)28)24(32)15-31(36(5,34)35)23-13-20(27)10-8-16(23)3/h8-13,17,22H,6-7,14-15H2,1-5H3,(H,29,33)/t17-,22+/m0/s1. The fourth-order valence-electron chi connectivity index (χ4n) is 3.64. The van der Waals surface area contributed by atoms with E-state index < -0.39 is 28.5 Å². The Morgan fingerprint density at radius 1 is 1.00 bits per heavy atom. The molecular weight excluding hydrogens is 545 g/mol. The van der Waals surface area contributed by atoms with Crippen molar-refractivity contribution < 1.29 is 18.0 Å². The van der Waals surface area contributed by atoms with E-state index in [1.165, 1.54) is 11.0 Å². The molecule has 0 aliphatic carbocycles. The van der Waals surface area contributed by atoms with Gasteiger partial charge in [-0.15, -0.1) is 0 Å². The van der Waals surface area contributed by atoms with Crippen molar-refractivity contribution in [3.05, 3.63) is 62.6 Å². The number of nitrogens with zero attached hydrogens (tertiary/aromatic N) is 2. The number of amides is 2. The van der Waals surface area contributed by atoms with Crippen LogP contribution in [0.25, 0.3) is 0 Å². The fraction of sp³-hybridized carbons (Fsp3) is 0.440. The lowest BCUT2D eigenvalue weighted by molar-refractivity contribution is -0.140. The van der Waals surface area contributed by atoms with Crippen LogP contribution in [-0.4, -0.2) is 50.0 Å². The lowest BCUT2D eigenvalue weighted by Gasteiger charge is -2.34. The first kappa shape index (κ1) is 30.2. The number of aryl methyl sites for hydroxylation is 1. The van der Waals surface area contributed by atoms with E-state index in [-0.39, 0.29) is 18.5 Å². The number of hydrogen-bond donors (Lipinski definition) is 1. The molecule has 0 saturated heterocycles. The second-order valence-electron chi connectivity index (χ2n) is 8.70. The summed E-state index contributed by atoms with van der Waals surface area (Å²) in [5.74, 6) is -0.882. The molecule has 0 aliphatic rings. The van der Waals surface area contributed by atoms with Crippen LogP contribution in [0.5, 0.6) is 0 Å². The molecule has 11 heteroatoms. The Hall–Kier alpha value is -2.00. The van der Waals surface area contributed by atoms with Crippen LogP contribution in [0.3, 0.4) is 0 Å². The Labute approximate surface area is 228 Å². The van der Waals surface area contributed by atoms with Gasteiger partial charge in [-0.1, -0.05) is 60.8 Å². The molecule has 2 aromatic carbocycles. The number of benzene rings is 2. The molecule has 0 spiro atoms. The van der Waals surface area contributed by atoms with Crippen LogP contribution in [0.1, 0.15) is 44.7 Å². The first-order valence-electron chi connectivity index (χ1n) is 11.6. The fourth-order valence-corrected chi connectivity index (χ4v) is 5.17. The third kappa shape index (κ3) is 8.00. The molecule has 0 unspecified atom stereocenters. The van der Waals surface area contributed by atoms with Crippen LogP contribution >= 0.6 is 34.8 Å². The number of carbonyl (C=O) groups is 2. The van der Waals surface area contributed by atoms with Crippen LogP contribution in [0.2, 0.25) is 15.1 Å². The Morgan fingerprint density at radius 2 is 1.61 bits per heavy atom. The van der Waals surface area contributed by atoms with Crippen molar-refractivity contribution >= 4 is 62.3 Å². The third-order valence-electron chi connectivity index (χ3n) is 5.86. The van der Waals surface area contributed by atoms with E-state index in [0.29, 0.717) is 38.3 Å². The molecule has 36 heavy (non-hydrogen) atoms. The molecule has 0 saturated carbocycles. The van der Waals surface area contributed by atoms with Crippen LogP contribution in [0.15, 0.2) is 36.4 Å². The van der Waals surface area contributed by atoms with Gasteiger partial charge in [-0.25, -0.2) is 8.42 Å². The second-order valence-corrected chi connectivity index (χ2v) is 11.9. The van der Waals surface area contributed by atoms with E-state index in [9.17, 15) is 18.0 Å². The van der Waals surface area contributed by atoms with Crippen LogP contribution in [0.4, 0.5) is 5.69 Å². The van der Waals surface area contributed by atoms with Gasteiger partial charge in [0.05, 0.1) is 11.9 Å². The van der Waals surface area contributed by atoms with Crippen molar-refractivity contribution in [1.82, 2.24) is 10.2 Å². The van der Waals surface area contributed by atoms with Gasteiger partial charge in [0.15, 0.2) is 0 Å². The predicted octanol–water partition coefficient (Wildman–Crippen LogP) is 5.44. The first-order chi connectivity index (χ1) is 16.8. The van der Waals surface area contributed by atoms with Crippen molar-refractivity contribution in [2.24, 2.45) is 0 Å². The summed E-state index contributed by atoms with van der Waals surface area (Å²) < 4.78 is 26.5. The van der Waals surface area contributed by atoms with Gasteiger partial charge in [0.2, 0.25) is 21.8 Å². The van der Waals surface area contributed by atoms with Gasteiger partial charge in [-0.05, 0) is 62.1 Å². The molecule has 198 valence electrons. The van der Waals surface area contributed by atoms with Gasteiger partial charge in [0.1, 0.15) is 12.6 Å². The lowest BCUT2D eigenvalue weighted by Crippen LogP contribution is -2.53. The molecule has 2 amide bonds. The van der Waals surface area contributed by atoms with E-state index in [2.05, 4.69) is 5.32 Å². The van der Waals surface area contributed by atoms with E-state index >= 15 is 0 Å². The number of halogens is 3. The average Bonchev–Trinajstić information content (AvgIpc) is 2.79. The summed E-state index contributed by atoms with van der Waals surface area (Å²) in [6.45, 7) is 6.82. The van der Waals surface area contributed by atoms with E-state index in [1.54, 1.807) is 44.2 Å². The van der Waals surface area contributed by atoms with Crippen molar-refractivity contribution in [2.45, 2.75) is 59.2 Å². The lowest BCUT2D eigenvalue weighted by atomic mass is 10.1. The van der Waals surface area contributed by atoms with E-state index in [0.717, 1.165) is 17.0 Å². The summed E-state index contributed by atoms with van der Waals surface area (Å²) in [5.41, 5.74) is 1.50. The number of hydrogen-bond acceptors (Lipinski definition) is 4. The summed E-state index contributed by atoms with van der Waals surface area (Å²) in [5, 5.41) is 4.02. The van der Waals surface area contributed by atoms with Crippen molar-refractivity contribution in [2.75, 3.05) is 17.1 Å². The maximum atomic E-state index is 13.8. The maximum absolute atomic E-state index is 13.8. The quantitative estimate of drug-likeness (QED) is 0.386. The normalized spacial score (nSPS) is 13.1. The molecule has 1 N–H and O–H groups in total. The van der Waals surface area contributed by atoms with Gasteiger partial charge in [0.25, 0.3) is 0 Å². The molecule has 0 heterocycles. The minimum atomic E-state index is -3.86. The number of sulfonamides is 1. The molecular formula is C25H32Cl3N3O4S. The van der Waals surface area contributed by atoms with E-state index in [4.69, 9.17) is 34.8 Å². The van der Waals surface area contributed by atoms with Crippen molar-refractivity contribution in [3.8, 4) is 0 Å². The van der Waals surface area contributed by atoms with Gasteiger partial charge < -0.3 is 10.2 Å². The summed E-state index contributed by atoms with van der Waals surface area (Å²) in [7, 11) is -3.86. The number of rotatable bonds is 11. The molecule has 2 atom stereocenters. The van der Waals surface area contributed by atoms with E-state index in [1.807, 2.05) is 13.8 Å². The van der Waals surface area contributed by atoms with Gasteiger partial charge in [-0.2, -0.15) is 0 Å². The molecule has 0 aromatic heterocycles. The van der Waals surface area contributed by atoms with Crippen LogP contribution < -0.4 is 9.62 Å². The Balaban J connectivity index is 2.52. The van der Waals surface area contributed by atoms with Gasteiger partial charge in [-0.3, -0.25) is 13.9 Å². The summed E-state index contributed by atoms with van der Waals surface area (Å²) >= 11 is 18.5. The topological polar surface area (TPSA) is 86.8 Å². The minimum absolute atomic E-state index is 0.00655. The molecule has 7 nitrogen and oxygen atoms in total. The first-order valence-corrected chi connectivity index (χ1v) is 14.5. The van der Waals surface area contributed by atoms with Gasteiger partial charge in [0, 0.05) is 27.7 Å². The highest BCUT2D eigenvalue weighted by molar-refractivity contribution is 7.92. The SMILES string of the molecule is CC[C@H](C(=O)N[C@@H](C)CC)N(Cc1ccc(Cl)cc1Cl)C(=O)CN(c1cc(Cl)ccc1C)S(C)(=O)=O. The maximum Gasteiger partial charge on any atom is 0.244 e. The summed E-state index contributed by atoms with van der Waals surface area (Å²) in [6.07, 6.45) is 2.05. The molecule has 2 aromatic rings. The molecule has 0 aliphatic heterocycles. The highest BCUT2D eigenvalue weighted by Gasteiger charge is 2.33. The number of carbonyl (C=O) groups excluding carboxylic acids is 2. The largest absolute Gasteiger partial charge is 0.352 e. The Morgan fingerprint density at radius 3 is 2.17 bits per heavy atom. The molecule has 2 rings (SSSR count). The zero-order valence-electron chi connectivity index (χ0n) is 21.0. The predicted molar refractivity (Wildman–Crippen MR) is 147 cm³/mol. The Bertz CT molecular complexity index is 1210. The average molecular weight is 577 g/mol. The molecule has 0 radical (unpaired) electrons. The van der Waals surface area contributed by atoms with Gasteiger partial charge >= 0.3 is 0 Å². The number of anilines is 1. The number of nitrogens with one attached hydrogen (secondary N) is 1. The smallest absolute Gasteiger partial charge is 0.244 e.